The zero-order valence-electron chi connectivity index (χ0n) is 17.4. The van der Waals surface area contributed by atoms with E-state index in [-0.39, 0.29) is 24.0 Å². The molecule has 0 spiro atoms. The summed E-state index contributed by atoms with van der Waals surface area (Å²) in [5.74, 6) is 1.10. The van der Waals surface area contributed by atoms with Crippen LogP contribution in [-0.4, -0.2) is 86.1 Å². The quantitative estimate of drug-likeness (QED) is 0.238. The number of nitrogens with zero attached hydrogens (tertiary/aromatic N) is 4. The van der Waals surface area contributed by atoms with Gasteiger partial charge in [0, 0.05) is 32.7 Å². The molecule has 1 atom stereocenters. The van der Waals surface area contributed by atoms with Crippen molar-refractivity contribution in [1.82, 2.24) is 20.0 Å². The van der Waals surface area contributed by atoms with Crippen molar-refractivity contribution in [2.75, 3.05) is 59.4 Å². The molecule has 1 N–H and O–H groups in total. The van der Waals surface area contributed by atoms with Gasteiger partial charge in [-0.1, -0.05) is 26.7 Å². The Hall–Kier alpha value is -0.0800. The molecule has 2 saturated heterocycles. The molecule has 0 aliphatic carbocycles. The van der Waals surface area contributed by atoms with E-state index in [1.165, 1.54) is 64.6 Å². The third-order valence-electron chi connectivity index (χ3n) is 5.89. The van der Waals surface area contributed by atoms with E-state index in [0.717, 1.165) is 38.7 Å². The van der Waals surface area contributed by atoms with Crippen LogP contribution < -0.4 is 5.32 Å². The highest BCUT2D eigenvalue weighted by Gasteiger charge is 2.27. The van der Waals surface area contributed by atoms with Crippen LogP contribution in [0.4, 0.5) is 0 Å². The van der Waals surface area contributed by atoms with Crippen LogP contribution in [0.5, 0.6) is 0 Å². The molecule has 26 heavy (non-hydrogen) atoms. The number of guanidine groups is 1. The van der Waals surface area contributed by atoms with E-state index in [1.54, 1.807) is 0 Å². The van der Waals surface area contributed by atoms with E-state index >= 15 is 0 Å². The Bertz CT molecular complexity index is 380. The van der Waals surface area contributed by atoms with Gasteiger partial charge in [0.25, 0.3) is 0 Å². The van der Waals surface area contributed by atoms with Crippen molar-refractivity contribution in [1.29, 1.82) is 0 Å². The summed E-state index contributed by atoms with van der Waals surface area (Å²) >= 11 is 0. The summed E-state index contributed by atoms with van der Waals surface area (Å²) in [6.07, 6.45) is 9.42. The minimum Gasteiger partial charge on any atom is -0.356 e. The molecule has 2 aliphatic rings. The van der Waals surface area contributed by atoms with E-state index in [0.29, 0.717) is 6.04 Å². The molecule has 2 fully saturated rings. The van der Waals surface area contributed by atoms with Crippen LogP contribution in [-0.2, 0) is 0 Å². The Kier molecular flexibility index (Phi) is 12.9. The second-order valence-corrected chi connectivity index (χ2v) is 7.55. The number of hydrogen-bond donors (Lipinski definition) is 1. The van der Waals surface area contributed by atoms with Crippen molar-refractivity contribution >= 4 is 29.9 Å². The van der Waals surface area contributed by atoms with E-state index < -0.39 is 0 Å². The van der Waals surface area contributed by atoms with Gasteiger partial charge in [0.05, 0.1) is 0 Å². The summed E-state index contributed by atoms with van der Waals surface area (Å²) in [5.41, 5.74) is 0. The van der Waals surface area contributed by atoms with Gasteiger partial charge in [-0.3, -0.25) is 9.89 Å². The molecule has 0 amide bonds. The number of aliphatic imine (C=N–C) groups is 1. The molecule has 154 valence electrons. The van der Waals surface area contributed by atoms with E-state index in [1.807, 2.05) is 7.05 Å². The molecular formula is C20H42IN5. The second kappa shape index (κ2) is 14.0. The largest absolute Gasteiger partial charge is 0.356 e. The molecule has 2 rings (SSSR count). The molecule has 5 nitrogen and oxygen atoms in total. The summed E-state index contributed by atoms with van der Waals surface area (Å²) in [6.45, 7) is 14.1. The average Bonchev–Trinajstić information content (AvgIpc) is 3.13. The summed E-state index contributed by atoms with van der Waals surface area (Å²) < 4.78 is 0. The summed E-state index contributed by atoms with van der Waals surface area (Å²) in [7, 11) is 1.92. The van der Waals surface area contributed by atoms with Crippen molar-refractivity contribution in [3.8, 4) is 0 Å². The van der Waals surface area contributed by atoms with Crippen molar-refractivity contribution in [2.45, 2.75) is 64.8 Å². The van der Waals surface area contributed by atoms with Gasteiger partial charge in [-0.25, -0.2) is 0 Å². The molecule has 0 aromatic rings. The van der Waals surface area contributed by atoms with Crippen molar-refractivity contribution in [2.24, 2.45) is 4.99 Å². The van der Waals surface area contributed by atoms with Crippen LogP contribution in [0, 0.1) is 0 Å². The third-order valence-corrected chi connectivity index (χ3v) is 5.89. The number of likely N-dealkylation sites (N-methyl/N-ethyl adjacent to an activating group) is 1. The van der Waals surface area contributed by atoms with Gasteiger partial charge in [0.15, 0.2) is 5.96 Å². The first-order valence-electron chi connectivity index (χ1n) is 10.7. The number of hydrogen-bond acceptors (Lipinski definition) is 3. The highest BCUT2D eigenvalue weighted by Crippen LogP contribution is 2.15. The summed E-state index contributed by atoms with van der Waals surface area (Å²) in [5, 5.41) is 3.59. The van der Waals surface area contributed by atoms with Crippen LogP contribution in [0.1, 0.15) is 58.8 Å². The fraction of sp³-hybridized carbons (Fsp3) is 0.950. The molecule has 2 aliphatic heterocycles. The molecule has 0 radical (unpaired) electrons. The van der Waals surface area contributed by atoms with Crippen molar-refractivity contribution in [3.05, 3.63) is 0 Å². The van der Waals surface area contributed by atoms with Crippen molar-refractivity contribution < 1.29 is 0 Å². The first-order chi connectivity index (χ1) is 12.3. The highest BCUT2D eigenvalue weighted by molar-refractivity contribution is 14.0. The van der Waals surface area contributed by atoms with Gasteiger partial charge < -0.3 is 15.1 Å². The van der Waals surface area contributed by atoms with Crippen LogP contribution in [0.25, 0.3) is 0 Å². The number of piperidine rings is 1. The van der Waals surface area contributed by atoms with Crippen LogP contribution in [0.15, 0.2) is 4.99 Å². The number of rotatable bonds is 9. The van der Waals surface area contributed by atoms with Gasteiger partial charge >= 0.3 is 0 Å². The van der Waals surface area contributed by atoms with E-state index in [4.69, 9.17) is 0 Å². The second-order valence-electron chi connectivity index (χ2n) is 7.55. The lowest BCUT2D eigenvalue weighted by atomic mass is 10.1. The van der Waals surface area contributed by atoms with Crippen LogP contribution >= 0.6 is 24.0 Å². The summed E-state index contributed by atoms with van der Waals surface area (Å²) in [4.78, 5) is 12.2. The zero-order chi connectivity index (χ0) is 17.9. The molecule has 0 bridgehead atoms. The lowest BCUT2D eigenvalue weighted by Gasteiger charge is -2.27. The minimum atomic E-state index is 0. The third kappa shape index (κ3) is 7.89. The molecule has 0 aromatic heterocycles. The Balaban J connectivity index is 0.00000338. The first kappa shape index (κ1) is 24.0. The van der Waals surface area contributed by atoms with Gasteiger partial charge in [-0.05, 0) is 64.8 Å². The zero-order valence-corrected chi connectivity index (χ0v) is 19.7. The lowest BCUT2D eigenvalue weighted by molar-refractivity contribution is 0.223. The Morgan fingerprint density at radius 2 is 1.77 bits per heavy atom. The predicted octanol–water partition coefficient (Wildman–Crippen LogP) is 3.25. The van der Waals surface area contributed by atoms with Crippen LogP contribution in [0.2, 0.25) is 0 Å². The normalized spacial score (nSPS) is 21.9. The highest BCUT2D eigenvalue weighted by atomic mass is 127. The Morgan fingerprint density at radius 1 is 1.04 bits per heavy atom. The van der Waals surface area contributed by atoms with Crippen molar-refractivity contribution in [3.63, 3.8) is 0 Å². The number of unbranched alkanes of at least 4 members (excludes halogenated alkanes) is 2. The molecular weight excluding hydrogens is 437 g/mol. The smallest absolute Gasteiger partial charge is 0.193 e. The molecule has 0 saturated carbocycles. The monoisotopic (exact) mass is 479 g/mol. The SMILES string of the molecule is CCN(CC)C1CCN(C(=NC)NCCCCCN2CCCCC2)C1.I. The number of nitrogens with one attached hydrogen (secondary N) is 1. The van der Waals surface area contributed by atoms with Gasteiger partial charge in [-0.2, -0.15) is 0 Å². The standard InChI is InChI=1S/C20H41N5.HI/c1-4-24(5-2)19-12-17-25(18-19)20(21-3)22-13-8-6-9-14-23-15-10-7-11-16-23;/h19H,4-18H2,1-3H3,(H,21,22);1H. The maximum atomic E-state index is 4.51. The van der Waals surface area contributed by atoms with Gasteiger partial charge in [0.1, 0.15) is 0 Å². The molecule has 0 aromatic carbocycles. The number of likely N-dealkylation sites (tertiary alicyclic amines) is 2. The molecule has 6 heteroatoms. The fourth-order valence-electron chi connectivity index (χ4n) is 4.32. The van der Waals surface area contributed by atoms with Crippen LogP contribution in [0.3, 0.4) is 0 Å². The Labute approximate surface area is 179 Å². The van der Waals surface area contributed by atoms with E-state index in [9.17, 15) is 0 Å². The minimum absolute atomic E-state index is 0. The maximum Gasteiger partial charge on any atom is 0.193 e. The average molecular weight is 479 g/mol. The van der Waals surface area contributed by atoms with Gasteiger partial charge in [-0.15, -0.1) is 24.0 Å². The first-order valence-corrected chi connectivity index (χ1v) is 10.7. The number of halogens is 1. The van der Waals surface area contributed by atoms with Gasteiger partial charge in [0.2, 0.25) is 0 Å². The van der Waals surface area contributed by atoms with E-state index in [2.05, 4.69) is 38.9 Å². The lowest BCUT2D eigenvalue weighted by Crippen LogP contribution is -2.43. The molecule has 2 heterocycles. The summed E-state index contributed by atoms with van der Waals surface area (Å²) in [6, 6.07) is 0.693. The molecule has 1 unspecified atom stereocenters. The maximum absolute atomic E-state index is 4.51. The Morgan fingerprint density at radius 3 is 2.42 bits per heavy atom. The topological polar surface area (TPSA) is 34.1 Å². The fourth-order valence-corrected chi connectivity index (χ4v) is 4.32. The predicted molar refractivity (Wildman–Crippen MR) is 124 cm³/mol.